The largest absolute Gasteiger partial charge is 0.497 e. The summed E-state index contributed by atoms with van der Waals surface area (Å²) < 4.78 is 53.2. The van der Waals surface area contributed by atoms with Crippen LogP contribution in [0.15, 0.2) is 70.7 Å². The van der Waals surface area contributed by atoms with Crippen molar-refractivity contribution in [3.8, 4) is 22.6 Å². The number of nitrogens with one attached hydrogen (secondary N) is 1. The van der Waals surface area contributed by atoms with Crippen LogP contribution in [0.5, 0.6) is 5.75 Å². The van der Waals surface area contributed by atoms with Crippen molar-refractivity contribution in [3.63, 3.8) is 0 Å². The molecule has 0 unspecified atom stereocenters. The zero-order valence-electron chi connectivity index (χ0n) is 24.9. The molecule has 2 aromatic heterocycles. The zero-order chi connectivity index (χ0) is 32.1. The fourth-order valence-corrected chi connectivity index (χ4v) is 5.09. The van der Waals surface area contributed by atoms with Crippen LogP contribution in [0.4, 0.5) is 19.1 Å². The Bertz CT molecular complexity index is 1700. The first-order valence-electron chi connectivity index (χ1n) is 13.7. The number of fused-ring (bicyclic) bond motifs is 1. The number of rotatable bonds is 11. The Morgan fingerprint density at radius 1 is 1.14 bits per heavy atom. The van der Waals surface area contributed by atoms with Gasteiger partial charge in [-0.05, 0) is 35.9 Å². The minimum absolute atomic E-state index is 0.0749. The highest BCUT2D eigenvalue weighted by Gasteiger charge is 2.32. The molecule has 10 nitrogen and oxygen atoms in total. The number of hydrogen-bond acceptors (Lipinski definition) is 7. The number of anilines is 1. The number of benzene rings is 2. The maximum absolute atomic E-state index is 14.0. The quantitative estimate of drug-likeness (QED) is 0.0745. The number of methoxy groups -OCH3 is 1. The molecule has 0 fully saturated rings. The Balaban J connectivity index is 1.86. The summed E-state index contributed by atoms with van der Waals surface area (Å²) in [5, 5.41) is 8.45. The van der Waals surface area contributed by atoms with Gasteiger partial charge in [0.1, 0.15) is 19.0 Å². The SMILES string of the molecule is COc1ccc(-n2cc3cnc(N(COCC[Si](C)(C)C)CC(F)(F)F)nc3c(-c3ccc(C(=N)/N=C\N)cc3)c2=O)cc1. The van der Waals surface area contributed by atoms with Crippen LogP contribution in [0.3, 0.4) is 0 Å². The van der Waals surface area contributed by atoms with E-state index in [9.17, 15) is 18.0 Å². The number of amidine groups is 1. The summed E-state index contributed by atoms with van der Waals surface area (Å²) in [4.78, 5) is 27.5. The lowest BCUT2D eigenvalue weighted by molar-refractivity contribution is -0.122. The lowest BCUT2D eigenvalue weighted by Gasteiger charge is -2.25. The Morgan fingerprint density at radius 2 is 1.82 bits per heavy atom. The number of hydrogen-bond donors (Lipinski definition) is 2. The number of ether oxygens (including phenoxy) is 2. The summed E-state index contributed by atoms with van der Waals surface area (Å²) in [5.74, 6) is 0.307. The predicted molar refractivity (Wildman–Crippen MR) is 169 cm³/mol. The molecule has 0 bridgehead atoms. The molecule has 0 aliphatic heterocycles. The highest BCUT2D eigenvalue weighted by molar-refractivity contribution is 6.76. The molecule has 0 aliphatic carbocycles. The number of aliphatic imine (C=N–C) groups is 1. The number of nitrogens with two attached hydrogens (primary N) is 1. The lowest BCUT2D eigenvalue weighted by Crippen LogP contribution is -2.37. The first-order chi connectivity index (χ1) is 20.8. The van der Waals surface area contributed by atoms with Crippen LogP contribution < -0.4 is 20.9 Å². The van der Waals surface area contributed by atoms with Crippen molar-refractivity contribution in [1.82, 2.24) is 14.5 Å². The Morgan fingerprint density at radius 3 is 2.41 bits per heavy atom. The second-order valence-electron chi connectivity index (χ2n) is 11.2. The topological polar surface area (TPSA) is 132 Å². The average molecular weight is 626 g/mol. The van der Waals surface area contributed by atoms with E-state index in [2.05, 4.69) is 34.6 Å². The van der Waals surface area contributed by atoms with Gasteiger partial charge in [0.2, 0.25) is 5.95 Å². The van der Waals surface area contributed by atoms with Gasteiger partial charge in [-0.3, -0.25) is 14.8 Å². The minimum atomic E-state index is -4.55. The lowest BCUT2D eigenvalue weighted by atomic mass is 10.0. The molecular weight excluding hydrogens is 591 g/mol. The van der Waals surface area contributed by atoms with Crippen molar-refractivity contribution in [2.75, 3.05) is 31.9 Å². The molecule has 0 saturated heterocycles. The van der Waals surface area contributed by atoms with E-state index in [0.717, 1.165) is 17.3 Å². The molecule has 4 rings (SSSR count). The van der Waals surface area contributed by atoms with Gasteiger partial charge in [-0.25, -0.2) is 15.0 Å². The van der Waals surface area contributed by atoms with E-state index in [1.54, 1.807) is 54.7 Å². The van der Waals surface area contributed by atoms with Crippen molar-refractivity contribution in [3.05, 3.63) is 76.8 Å². The molecule has 232 valence electrons. The summed E-state index contributed by atoms with van der Waals surface area (Å²) in [6.07, 6.45) is -0.598. The molecule has 0 aliphatic rings. The van der Waals surface area contributed by atoms with Crippen LogP contribution in [0, 0.1) is 5.41 Å². The summed E-state index contributed by atoms with van der Waals surface area (Å²) in [7, 11) is 0.0677. The highest BCUT2D eigenvalue weighted by Crippen LogP contribution is 2.28. The molecule has 0 atom stereocenters. The summed E-state index contributed by atoms with van der Waals surface area (Å²) >= 11 is 0. The van der Waals surface area contributed by atoms with E-state index >= 15 is 0 Å². The molecule has 0 spiro atoms. The molecule has 4 aromatic rings. The monoisotopic (exact) mass is 625 g/mol. The van der Waals surface area contributed by atoms with Crippen LogP contribution in [0.2, 0.25) is 25.7 Å². The Hall–Kier alpha value is -4.56. The standard InChI is InChI=1S/C30H34F3N7O3Si/c1-42-24-11-9-23(10-12-24)40-16-22-15-36-29(39(17-30(31,32)33)19-43-13-14-44(2,3)4)38-26(22)25(28(40)41)20-5-7-21(8-6-20)27(35)37-18-34/h5-12,15-16,18H,13-14,17,19H2,1-4H3,(H3,34,35,37). The second-order valence-corrected chi connectivity index (χ2v) is 16.8. The van der Waals surface area contributed by atoms with Gasteiger partial charge < -0.3 is 20.1 Å². The van der Waals surface area contributed by atoms with Crippen LogP contribution in [0.1, 0.15) is 5.56 Å². The van der Waals surface area contributed by atoms with Gasteiger partial charge in [-0.1, -0.05) is 43.9 Å². The highest BCUT2D eigenvalue weighted by atomic mass is 28.3. The van der Waals surface area contributed by atoms with Gasteiger partial charge >= 0.3 is 6.18 Å². The molecule has 44 heavy (non-hydrogen) atoms. The normalized spacial score (nSPS) is 12.2. The fraction of sp³-hybridized carbons (Fsp3) is 0.300. The van der Waals surface area contributed by atoms with E-state index in [0.29, 0.717) is 34.6 Å². The molecule has 3 N–H and O–H groups in total. The number of aromatic nitrogens is 3. The van der Waals surface area contributed by atoms with Crippen molar-refractivity contribution < 1.29 is 22.6 Å². The van der Waals surface area contributed by atoms with Crippen LogP contribution in [-0.2, 0) is 4.74 Å². The van der Waals surface area contributed by atoms with E-state index in [1.807, 2.05) is 0 Å². The Labute approximate surface area is 253 Å². The third-order valence-corrected chi connectivity index (χ3v) is 8.34. The van der Waals surface area contributed by atoms with Crippen LogP contribution >= 0.6 is 0 Å². The average Bonchev–Trinajstić information content (AvgIpc) is 2.97. The van der Waals surface area contributed by atoms with Crippen LogP contribution in [0.25, 0.3) is 27.7 Å². The van der Waals surface area contributed by atoms with Crippen molar-refractivity contribution in [2.45, 2.75) is 31.9 Å². The van der Waals surface area contributed by atoms with Gasteiger partial charge in [0, 0.05) is 43.7 Å². The minimum Gasteiger partial charge on any atom is -0.497 e. The first-order valence-corrected chi connectivity index (χ1v) is 17.4. The smallest absolute Gasteiger partial charge is 0.406 e. The van der Waals surface area contributed by atoms with Gasteiger partial charge in [-0.2, -0.15) is 13.2 Å². The molecule has 2 aromatic carbocycles. The van der Waals surface area contributed by atoms with Crippen molar-refractivity contribution in [2.24, 2.45) is 10.7 Å². The maximum Gasteiger partial charge on any atom is 0.406 e. The zero-order valence-corrected chi connectivity index (χ0v) is 25.9. The molecule has 0 saturated carbocycles. The molecule has 0 radical (unpaired) electrons. The third-order valence-electron chi connectivity index (χ3n) is 6.64. The van der Waals surface area contributed by atoms with E-state index in [4.69, 9.17) is 20.6 Å². The summed E-state index contributed by atoms with van der Waals surface area (Å²) in [5.41, 5.74) is 6.60. The number of nitrogens with zero attached hydrogens (tertiary/aromatic N) is 5. The van der Waals surface area contributed by atoms with Gasteiger partial charge in [0.05, 0.1) is 24.5 Å². The van der Waals surface area contributed by atoms with Crippen LogP contribution in [-0.4, -0.2) is 68.0 Å². The van der Waals surface area contributed by atoms with E-state index in [-0.39, 0.29) is 29.6 Å². The summed E-state index contributed by atoms with van der Waals surface area (Å²) in [6, 6.07) is 14.1. The van der Waals surface area contributed by atoms with E-state index < -0.39 is 26.4 Å². The molecule has 2 heterocycles. The van der Waals surface area contributed by atoms with Gasteiger partial charge in [0.15, 0.2) is 5.84 Å². The second kappa shape index (κ2) is 13.4. The van der Waals surface area contributed by atoms with E-state index in [1.165, 1.54) is 17.9 Å². The van der Waals surface area contributed by atoms with Crippen molar-refractivity contribution in [1.29, 1.82) is 5.41 Å². The summed E-state index contributed by atoms with van der Waals surface area (Å²) in [6.45, 7) is 5.06. The number of alkyl halides is 3. The predicted octanol–water partition coefficient (Wildman–Crippen LogP) is 5.45. The Kier molecular flexibility index (Phi) is 9.84. The molecular formula is C30H34F3N7O3Si. The fourth-order valence-electron chi connectivity index (χ4n) is 4.33. The maximum atomic E-state index is 14.0. The van der Waals surface area contributed by atoms with Crippen molar-refractivity contribution >= 4 is 37.1 Å². The molecule has 0 amide bonds. The molecule has 14 heteroatoms. The first kappa shape index (κ1) is 32.4. The van der Waals surface area contributed by atoms with Gasteiger partial charge in [-0.15, -0.1) is 0 Å². The number of halogens is 3. The number of pyridine rings is 1. The van der Waals surface area contributed by atoms with Gasteiger partial charge in [0.25, 0.3) is 5.56 Å². The third kappa shape index (κ3) is 8.08.